The first-order valence-electron chi connectivity index (χ1n) is 6.47. The van der Waals surface area contributed by atoms with Crippen LogP contribution in [0, 0.1) is 11.2 Å². The first-order chi connectivity index (χ1) is 8.97. The second-order valence-corrected chi connectivity index (χ2v) is 5.14. The third-order valence-electron chi connectivity index (χ3n) is 3.26. The highest BCUT2D eigenvalue weighted by atomic mass is 19.1. The lowest BCUT2D eigenvalue weighted by Crippen LogP contribution is -2.45. The van der Waals surface area contributed by atoms with Crippen LogP contribution in [0.4, 0.5) is 4.39 Å². The van der Waals surface area contributed by atoms with Gasteiger partial charge < -0.3 is 10.5 Å². The van der Waals surface area contributed by atoms with E-state index < -0.39 is 0 Å². The van der Waals surface area contributed by atoms with Gasteiger partial charge in [0.1, 0.15) is 11.7 Å². The number of hydrogen-bond acceptors (Lipinski definition) is 3. The summed E-state index contributed by atoms with van der Waals surface area (Å²) in [5.74, 6) is -0.620. The highest BCUT2D eigenvalue weighted by molar-refractivity contribution is 5.95. The van der Waals surface area contributed by atoms with Crippen LogP contribution < -0.4 is 5.73 Å². The molecule has 0 bridgehead atoms. The van der Waals surface area contributed by atoms with Gasteiger partial charge in [-0.15, -0.1) is 0 Å². The molecule has 0 amide bonds. The predicted molar refractivity (Wildman–Crippen MR) is 72.7 cm³/mol. The summed E-state index contributed by atoms with van der Waals surface area (Å²) in [6.07, 6.45) is 0.311. The van der Waals surface area contributed by atoms with Crippen LogP contribution in [-0.2, 0) is 11.3 Å². The number of nitrogen functional groups attached to an aromatic ring is 1. The van der Waals surface area contributed by atoms with Gasteiger partial charge in [-0.1, -0.05) is 12.1 Å². The minimum Gasteiger partial charge on any atom is -0.384 e. The number of benzene rings is 1. The molecule has 3 N–H and O–H groups in total. The van der Waals surface area contributed by atoms with Crippen LogP contribution in [0.5, 0.6) is 0 Å². The Bertz CT molecular complexity index is 468. The lowest BCUT2D eigenvalue weighted by atomic mass is 10.1. The topological polar surface area (TPSA) is 62.3 Å². The summed E-state index contributed by atoms with van der Waals surface area (Å²) in [6, 6.07) is 5.01. The van der Waals surface area contributed by atoms with Crippen molar-refractivity contribution in [1.29, 1.82) is 5.41 Å². The molecule has 2 unspecified atom stereocenters. The summed E-state index contributed by atoms with van der Waals surface area (Å²) >= 11 is 0. The van der Waals surface area contributed by atoms with Gasteiger partial charge in [-0.3, -0.25) is 10.3 Å². The Morgan fingerprint density at radius 1 is 1.42 bits per heavy atom. The molecule has 0 saturated carbocycles. The van der Waals surface area contributed by atoms with E-state index in [1.54, 1.807) is 12.1 Å². The van der Waals surface area contributed by atoms with Crippen LogP contribution in [0.3, 0.4) is 0 Å². The molecular formula is C14H20FN3O. The van der Waals surface area contributed by atoms with Crippen LogP contribution in [0.2, 0.25) is 0 Å². The Morgan fingerprint density at radius 3 is 2.63 bits per heavy atom. The summed E-state index contributed by atoms with van der Waals surface area (Å²) in [5.41, 5.74) is 6.12. The van der Waals surface area contributed by atoms with E-state index in [0.29, 0.717) is 12.1 Å². The van der Waals surface area contributed by atoms with Gasteiger partial charge in [0.05, 0.1) is 17.8 Å². The number of nitrogens with two attached hydrogens (primary N) is 1. The van der Waals surface area contributed by atoms with Gasteiger partial charge in [-0.2, -0.15) is 0 Å². The lowest BCUT2D eigenvalue weighted by Gasteiger charge is -2.35. The van der Waals surface area contributed by atoms with Crippen LogP contribution in [-0.4, -0.2) is 36.0 Å². The van der Waals surface area contributed by atoms with Gasteiger partial charge in [-0.25, -0.2) is 4.39 Å². The van der Waals surface area contributed by atoms with Crippen LogP contribution in [0.25, 0.3) is 0 Å². The smallest absolute Gasteiger partial charge is 0.138 e. The molecule has 2 rings (SSSR count). The normalized spacial score (nSPS) is 24.4. The molecule has 1 heterocycles. The third kappa shape index (κ3) is 3.30. The quantitative estimate of drug-likeness (QED) is 0.646. The van der Waals surface area contributed by atoms with E-state index in [9.17, 15) is 4.39 Å². The Morgan fingerprint density at radius 2 is 2.05 bits per heavy atom. The van der Waals surface area contributed by atoms with Gasteiger partial charge in [0.15, 0.2) is 0 Å². The molecule has 2 atom stereocenters. The van der Waals surface area contributed by atoms with Crippen LogP contribution >= 0.6 is 0 Å². The van der Waals surface area contributed by atoms with E-state index in [0.717, 1.165) is 13.1 Å². The zero-order valence-corrected chi connectivity index (χ0v) is 11.3. The fraction of sp³-hybridized carbons (Fsp3) is 0.500. The summed E-state index contributed by atoms with van der Waals surface area (Å²) < 4.78 is 19.9. The van der Waals surface area contributed by atoms with Crippen molar-refractivity contribution >= 4 is 5.84 Å². The molecule has 1 aromatic rings. The molecule has 1 aliphatic rings. The fourth-order valence-corrected chi connectivity index (χ4v) is 2.56. The van der Waals surface area contributed by atoms with Crippen LogP contribution in [0.15, 0.2) is 18.2 Å². The summed E-state index contributed by atoms with van der Waals surface area (Å²) in [4.78, 5) is 2.17. The third-order valence-corrected chi connectivity index (χ3v) is 3.26. The number of ether oxygens (including phenoxy) is 1. The van der Waals surface area contributed by atoms with Crippen molar-refractivity contribution in [2.75, 3.05) is 13.1 Å². The van der Waals surface area contributed by atoms with Gasteiger partial charge in [0.25, 0.3) is 0 Å². The van der Waals surface area contributed by atoms with Crippen molar-refractivity contribution in [1.82, 2.24) is 4.90 Å². The van der Waals surface area contributed by atoms with E-state index in [1.165, 1.54) is 6.07 Å². The maximum Gasteiger partial charge on any atom is 0.138 e. The number of nitrogens with zero attached hydrogens (tertiary/aromatic N) is 1. The average molecular weight is 265 g/mol. The molecule has 104 valence electrons. The minimum atomic E-state index is -0.387. The number of nitrogens with one attached hydrogen (secondary N) is 1. The molecule has 0 aliphatic carbocycles. The first kappa shape index (κ1) is 14.0. The second kappa shape index (κ2) is 5.67. The van der Waals surface area contributed by atoms with E-state index in [2.05, 4.69) is 4.90 Å². The number of hydrogen-bond donors (Lipinski definition) is 2. The van der Waals surface area contributed by atoms with Crippen molar-refractivity contribution in [3.63, 3.8) is 0 Å². The zero-order valence-electron chi connectivity index (χ0n) is 11.3. The maximum atomic E-state index is 14.2. The first-order valence-corrected chi connectivity index (χ1v) is 6.47. The van der Waals surface area contributed by atoms with E-state index >= 15 is 0 Å². The van der Waals surface area contributed by atoms with E-state index in [-0.39, 0.29) is 29.4 Å². The Balaban J connectivity index is 2.15. The predicted octanol–water partition coefficient (Wildman–Crippen LogP) is 1.72. The Hall–Kier alpha value is -1.46. The van der Waals surface area contributed by atoms with Gasteiger partial charge in [-0.05, 0) is 19.9 Å². The van der Waals surface area contributed by atoms with E-state index in [4.69, 9.17) is 15.9 Å². The Kier molecular flexibility index (Phi) is 4.17. The largest absolute Gasteiger partial charge is 0.384 e. The number of rotatable bonds is 3. The molecule has 19 heavy (non-hydrogen) atoms. The van der Waals surface area contributed by atoms with Gasteiger partial charge in [0, 0.05) is 25.2 Å². The highest BCUT2D eigenvalue weighted by Crippen LogP contribution is 2.18. The van der Waals surface area contributed by atoms with Crippen molar-refractivity contribution < 1.29 is 9.13 Å². The lowest BCUT2D eigenvalue weighted by molar-refractivity contribution is -0.0707. The molecule has 4 nitrogen and oxygen atoms in total. The zero-order chi connectivity index (χ0) is 14.0. The minimum absolute atomic E-state index is 0.155. The summed E-state index contributed by atoms with van der Waals surface area (Å²) in [7, 11) is 0. The molecule has 0 spiro atoms. The van der Waals surface area contributed by atoms with Crippen LogP contribution in [0.1, 0.15) is 25.0 Å². The van der Waals surface area contributed by atoms with Gasteiger partial charge in [0.2, 0.25) is 0 Å². The molecule has 1 aliphatic heterocycles. The summed E-state index contributed by atoms with van der Waals surface area (Å²) in [5, 5.41) is 7.36. The highest BCUT2D eigenvalue weighted by Gasteiger charge is 2.23. The molecule has 1 saturated heterocycles. The number of morpholine rings is 1. The van der Waals surface area contributed by atoms with Crippen molar-refractivity contribution in [2.45, 2.75) is 32.6 Å². The average Bonchev–Trinajstić information content (AvgIpc) is 2.30. The second-order valence-electron chi connectivity index (χ2n) is 5.14. The maximum absolute atomic E-state index is 14.2. The number of amidine groups is 1. The molecule has 0 aromatic heterocycles. The SMILES string of the molecule is CC1CN(Cc2cccc(C(=N)N)c2F)CC(C)O1. The van der Waals surface area contributed by atoms with Gasteiger partial charge >= 0.3 is 0 Å². The Labute approximate surface area is 112 Å². The standard InChI is InChI=1S/C14H20FN3O/c1-9-6-18(7-10(2)19-9)8-11-4-3-5-12(13(11)15)14(16)17/h3-5,9-10H,6-8H2,1-2H3,(H3,16,17). The molecule has 1 aromatic carbocycles. The van der Waals surface area contributed by atoms with Crippen molar-refractivity contribution in [2.24, 2.45) is 5.73 Å². The molecule has 0 radical (unpaired) electrons. The number of halogens is 1. The summed E-state index contributed by atoms with van der Waals surface area (Å²) in [6.45, 7) is 6.13. The molecular weight excluding hydrogens is 245 g/mol. The van der Waals surface area contributed by atoms with Crippen molar-refractivity contribution in [3.8, 4) is 0 Å². The molecule has 1 fully saturated rings. The fourth-order valence-electron chi connectivity index (χ4n) is 2.56. The molecule has 5 heteroatoms. The van der Waals surface area contributed by atoms with E-state index in [1.807, 2.05) is 13.8 Å². The monoisotopic (exact) mass is 265 g/mol. The van der Waals surface area contributed by atoms with Crippen molar-refractivity contribution in [3.05, 3.63) is 35.1 Å².